The van der Waals surface area contributed by atoms with Gasteiger partial charge in [0.25, 0.3) is 0 Å². The van der Waals surface area contributed by atoms with E-state index in [0.29, 0.717) is 0 Å². The predicted octanol–water partition coefficient (Wildman–Crippen LogP) is 12.1. The quantitative estimate of drug-likeness (QED) is 0.197. The molecule has 0 bridgehead atoms. The summed E-state index contributed by atoms with van der Waals surface area (Å²) in [5.41, 5.74) is 15.3. The van der Waals surface area contributed by atoms with E-state index in [1.165, 1.54) is 44.5 Å². The third kappa shape index (κ3) is 3.52. The molecule has 0 radical (unpaired) electrons. The number of hydrogen-bond acceptors (Lipinski definition) is 2. The van der Waals surface area contributed by atoms with Gasteiger partial charge in [-0.05, 0) is 93.0 Å². The topological polar surface area (TPSA) is 16.4 Å². The van der Waals surface area contributed by atoms with E-state index in [9.17, 15) is 0 Å². The first kappa shape index (κ1) is 27.3. The molecule has 0 unspecified atom stereocenters. The van der Waals surface area contributed by atoms with Crippen LogP contribution in [0.4, 0.5) is 17.1 Å². The molecular weight excluding hydrogens is 583 g/mol. The van der Waals surface area contributed by atoms with Crippen LogP contribution in [0.5, 0.6) is 0 Å². The Morgan fingerprint density at radius 1 is 0.396 bits per heavy atom. The fourth-order valence-electron chi connectivity index (χ4n) is 8.86. The highest BCUT2D eigenvalue weighted by atomic mass is 16.3. The minimum atomic E-state index is -0.447. The molecule has 0 atom stereocenters. The van der Waals surface area contributed by atoms with E-state index in [4.69, 9.17) is 4.42 Å². The highest BCUT2D eigenvalue weighted by Crippen LogP contribution is 2.62. The van der Waals surface area contributed by atoms with Gasteiger partial charge in [-0.25, -0.2) is 0 Å². The zero-order chi connectivity index (χ0) is 32.0. The summed E-state index contributed by atoms with van der Waals surface area (Å²) in [4.78, 5) is 2.40. The van der Waals surface area contributed by atoms with Crippen LogP contribution in [-0.2, 0) is 10.8 Å². The molecule has 48 heavy (non-hydrogen) atoms. The molecule has 1 spiro atoms. The van der Waals surface area contributed by atoms with Gasteiger partial charge in [0.2, 0.25) is 0 Å². The van der Waals surface area contributed by atoms with Gasteiger partial charge in [-0.2, -0.15) is 0 Å². The molecule has 2 aliphatic carbocycles. The minimum absolute atomic E-state index is 0.186. The fourth-order valence-corrected chi connectivity index (χ4v) is 8.86. The summed E-state index contributed by atoms with van der Waals surface area (Å²) in [6.07, 6.45) is 0. The lowest BCUT2D eigenvalue weighted by Gasteiger charge is -2.47. The third-order valence-electron chi connectivity index (χ3n) is 10.9. The van der Waals surface area contributed by atoms with Crippen molar-refractivity contribution in [3.8, 4) is 11.1 Å². The number of furan rings is 1. The maximum atomic E-state index is 6.24. The van der Waals surface area contributed by atoms with Crippen LogP contribution >= 0.6 is 0 Å². The summed E-state index contributed by atoms with van der Waals surface area (Å²) < 4.78 is 6.24. The van der Waals surface area contributed by atoms with Crippen LogP contribution in [0.2, 0.25) is 0 Å². The smallest absolute Gasteiger partial charge is 0.135 e. The maximum absolute atomic E-state index is 6.24. The molecule has 2 heteroatoms. The highest BCUT2D eigenvalue weighted by molar-refractivity contribution is 6.06. The number of rotatable bonds is 3. The van der Waals surface area contributed by atoms with Crippen LogP contribution in [0.25, 0.3) is 33.1 Å². The normalized spacial score (nSPS) is 14.8. The zero-order valence-electron chi connectivity index (χ0n) is 26.9. The van der Waals surface area contributed by atoms with E-state index in [2.05, 4.69) is 170 Å². The fraction of sp³-hybridized carbons (Fsp3) is 0.0870. The van der Waals surface area contributed by atoms with Crippen molar-refractivity contribution in [1.82, 2.24) is 0 Å². The molecule has 0 saturated heterocycles. The molecule has 0 aliphatic heterocycles. The lowest BCUT2D eigenvalue weighted by atomic mass is 9.55. The molecule has 0 N–H and O–H groups in total. The van der Waals surface area contributed by atoms with Crippen LogP contribution in [0.15, 0.2) is 168 Å². The first-order valence-electron chi connectivity index (χ1n) is 16.8. The molecule has 1 heterocycles. The minimum Gasteiger partial charge on any atom is -0.456 e. The van der Waals surface area contributed by atoms with Crippen molar-refractivity contribution in [1.29, 1.82) is 0 Å². The van der Waals surface area contributed by atoms with Crippen molar-refractivity contribution in [3.05, 3.63) is 197 Å². The van der Waals surface area contributed by atoms with Crippen LogP contribution in [0.1, 0.15) is 47.2 Å². The van der Waals surface area contributed by atoms with Crippen molar-refractivity contribution in [2.24, 2.45) is 0 Å². The second-order valence-corrected chi connectivity index (χ2v) is 13.7. The predicted molar refractivity (Wildman–Crippen MR) is 198 cm³/mol. The van der Waals surface area contributed by atoms with E-state index in [-0.39, 0.29) is 5.41 Å². The molecule has 2 nitrogen and oxygen atoms in total. The number of benzene rings is 7. The van der Waals surface area contributed by atoms with Gasteiger partial charge in [-0.3, -0.25) is 0 Å². The van der Waals surface area contributed by atoms with Gasteiger partial charge in [-0.1, -0.05) is 129 Å². The second kappa shape index (κ2) is 9.82. The summed E-state index contributed by atoms with van der Waals surface area (Å²) >= 11 is 0. The number of para-hydroxylation sites is 2. The Balaban J connectivity index is 1.29. The van der Waals surface area contributed by atoms with Crippen LogP contribution in [0.3, 0.4) is 0 Å². The Hall–Kier alpha value is -5.86. The standard InChI is InChI=1S/C46H33NO/c1-45(2)39-21-11-12-22-41(39)46(37-19-9-6-16-33(37)34-17-7-10-20-38(34)46)42-29-32(24-26-40(42)45)47(30-14-4-3-5-15-30)31-25-27-44-36(28-31)35-18-8-13-23-43(35)48-44/h3-29H,1-2H3. The third-order valence-corrected chi connectivity index (χ3v) is 10.9. The molecule has 8 aromatic rings. The molecule has 1 aromatic heterocycles. The summed E-state index contributed by atoms with van der Waals surface area (Å²) in [5.74, 6) is 0. The summed E-state index contributed by atoms with van der Waals surface area (Å²) in [6.45, 7) is 4.77. The first-order valence-corrected chi connectivity index (χ1v) is 16.8. The average Bonchev–Trinajstić information content (AvgIpc) is 3.65. The van der Waals surface area contributed by atoms with Gasteiger partial charge in [0, 0.05) is 33.2 Å². The van der Waals surface area contributed by atoms with Crippen molar-refractivity contribution in [3.63, 3.8) is 0 Å². The van der Waals surface area contributed by atoms with Gasteiger partial charge in [-0.15, -0.1) is 0 Å². The Bertz CT molecular complexity index is 2510. The van der Waals surface area contributed by atoms with Crippen LogP contribution in [-0.4, -0.2) is 0 Å². The van der Waals surface area contributed by atoms with Crippen LogP contribution in [0, 0.1) is 0 Å². The van der Waals surface area contributed by atoms with Gasteiger partial charge < -0.3 is 9.32 Å². The van der Waals surface area contributed by atoms with Gasteiger partial charge in [0.1, 0.15) is 11.2 Å². The first-order chi connectivity index (χ1) is 23.6. The molecule has 0 amide bonds. The summed E-state index contributed by atoms with van der Waals surface area (Å²) in [7, 11) is 0. The van der Waals surface area contributed by atoms with E-state index in [0.717, 1.165) is 39.0 Å². The molecule has 2 aliphatic rings. The Morgan fingerprint density at radius 3 is 1.69 bits per heavy atom. The monoisotopic (exact) mass is 615 g/mol. The van der Waals surface area contributed by atoms with E-state index in [1.807, 2.05) is 12.1 Å². The largest absolute Gasteiger partial charge is 0.456 e. The van der Waals surface area contributed by atoms with Gasteiger partial charge in [0.05, 0.1) is 5.41 Å². The highest BCUT2D eigenvalue weighted by Gasteiger charge is 2.53. The summed E-state index contributed by atoms with van der Waals surface area (Å²) in [6, 6.07) is 60.0. The lowest BCUT2D eigenvalue weighted by Crippen LogP contribution is -2.40. The van der Waals surface area contributed by atoms with E-state index in [1.54, 1.807) is 0 Å². The zero-order valence-corrected chi connectivity index (χ0v) is 26.9. The molecule has 0 fully saturated rings. The maximum Gasteiger partial charge on any atom is 0.135 e. The average molecular weight is 616 g/mol. The van der Waals surface area contributed by atoms with Gasteiger partial charge in [0.15, 0.2) is 0 Å². The van der Waals surface area contributed by atoms with E-state index < -0.39 is 5.41 Å². The number of fused-ring (bicyclic) bond motifs is 12. The number of nitrogens with zero attached hydrogens (tertiary/aromatic N) is 1. The Morgan fingerprint density at radius 2 is 0.938 bits per heavy atom. The van der Waals surface area contributed by atoms with E-state index >= 15 is 0 Å². The van der Waals surface area contributed by atoms with Gasteiger partial charge >= 0.3 is 0 Å². The van der Waals surface area contributed by atoms with Crippen molar-refractivity contribution in [2.75, 3.05) is 4.90 Å². The molecule has 0 saturated carbocycles. The Labute approximate surface area is 280 Å². The molecule has 7 aromatic carbocycles. The second-order valence-electron chi connectivity index (χ2n) is 13.7. The number of anilines is 3. The summed E-state index contributed by atoms with van der Waals surface area (Å²) in [5, 5.41) is 2.25. The SMILES string of the molecule is CC1(C)c2ccccc2C2(c3ccccc3-c3ccccc32)c2cc(N(c3ccccc3)c3ccc4oc5ccccc5c4c3)ccc21. The van der Waals surface area contributed by atoms with Crippen molar-refractivity contribution >= 4 is 39.0 Å². The molecular formula is C46H33NO. The number of hydrogen-bond donors (Lipinski definition) is 0. The Kier molecular flexibility index (Phi) is 5.58. The molecule has 10 rings (SSSR count). The molecule has 228 valence electrons. The van der Waals surface area contributed by atoms with Crippen LogP contribution < -0.4 is 4.90 Å². The lowest BCUT2D eigenvalue weighted by molar-refractivity contribution is 0.563. The van der Waals surface area contributed by atoms with Crippen molar-refractivity contribution in [2.45, 2.75) is 24.7 Å². The van der Waals surface area contributed by atoms with Crippen molar-refractivity contribution < 1.29 is 4.42 Å².